The summed E-state index contributed by atoms with van der Waals surface area (Å²) in [5.41, 5.74) is 2.39. The zero-order chi connectivity index (χ0) is 12.5. The van der Waals surface area contributed by atoms with E-state index in [1.807, 2.05) is 13.2 Å². The van der Waals surface area contributed by atoms with E-state index in [0.29, 0.717) is 0 Å². The molecule has 0 amide bonds. The first kappa shape index (κ1) is 11.3. The molecule has 3 nitrogen and oxygen atoms in total. The third-order valence-electron chi connectivity index (χ3n) is 3.70. The maximum Gasteiger partial charge on any atom is 0.136 e. The second-order valence-corrected chi connectivity index (χ2v) is 4.99. The highest BCUT2D eigenvalue weighted by Gasteiger charge is 2.17. The van der Waals surface area contributed by atoms with Crippen LogP contribution in [0, 0.1) is 6.92 Å². The first-order valence-corrected chi connectivity index (χ1v) is 6.61. The zero-order valence-corrected chi connectivity index (χ0v) is 11.0. The molecule has 2 aromatic rings. The second kappa shape index (κ2) is 4.48. The monoisotopic (exact) mass is 241 g/mol. The van der Waals surface area contributed by atoms with Crippen LogP contribution in [-0.2, 0) is 0 Å². The van der Waals surface area contributed by atoms with Gasteiger partial charge >= 0.3 is 0 Å². The summed E-state index contributed by atoms with van der Waals surface area (Å²) < 4.78 is 0. The minimum absolute atomic E-state index is 1.10. The number of fused-ring (bicyclic) bond motifs is 1. The molecular weight excluding hydrogens is 222 g/mol. The predicted octanol–water partition coefficient (Wildman–Crippen LogP) is 3.19. The summed E-state index contributed by atoms with van der Waals surface area (Å²) in [5.74, 6) is 1.14. The summed E-state index contributed by atoms with van der Waals surface area (Å²) in [6, 6.07) is 6.60. The molecule has 0 saturated carbocycles. The molecule has 1 saturated heterocycles. The first-order chi connectivity index (χ1) is 8.79. The lowest BCUT2D eigenvalue weighted by atomic mass is 10.1. The van der Waals surface area contributed by atoms with Crippen molar-refractivity contribution in [1.82, 2.24) is 4.98 Å². The molecule has 18 heavy (non-hydrogen) atoms. The largest absolute Gasteiger partial charge is 0.386 e. The zero-order valence-electron chi connectivity index (χ0n) is 11.0. The Hall–Kier alpha value is -1.77. The van der Waals surface area contributed by atoms with Crippen molar-refractivity contribution in [3.8, 4) is 0 Å². The summed E-state index contributed by atoms with van der Waals surface area (Å²) in [4.78, 5) is 7.07. The highest BCUT2D eigenvalue weighted by molar-refractivity contribution is 6.00. The van der Waals surface area contributed by atoms with Gasteiger partial charge < -0.3 is 10.2 Å². The predicted molar refractivity (Wildman–Crippen MR) is 77.5 cm³/mol. The number of hydrogen-bond acceptors (Lipinski definition) is 3. The molecule has 2 heterocycles. The van der Waals surface area contributed by atoms with Crippen molar-refractivity contribution in [1.29, 1.82) is 0 Å². The summed E-state index contributed by atoms with van der Waals surface area (Å²) >= 11 is 0. The van der Waals surface area contributed by atoms with Crippen molar-refractivity contribution in [2.24, 2.45) is 0 Å². The van der Waals surface area contributed by atoms with Gasteiger partial charge in [0.15, 0.2) is 0 Å². The maximum atomic E-state index is 4.66. The van der Waals surface area contributed by atoms with Crippen LogP contribution in [-0.4, -0.2) is 25.1 Å². The van der Waals surface area contributed by atoms with E-state index < -0.39 is 0 Å². The fraction of sp³-hybridized carbons (Fsp3) is 0.400. The molecule has 0 radical (unpaired) electrons. The number of aromatic nitrogens is 1. The molecule has 94 valence electrons. The highest BCUT2D eigenvalue weighted by Crippen LogP contribution is 2.32. The van der Waals surface area contributed by atoms with Crippen LogP contribution in [0.4, 0.5) is 11.5 Å². The van der Waals surface area contributed by atoms with Gasteiger partial charge in [0.1, 0.15) is 5.82 Å². The number of pyridine rings is 1. The third-order valence-corrected chi connectivity index (χ3v) is 3.70. The van der Waals surface area contributed by atoms with Crippen LogP contribution in [0.5, 0.6) is 0 Å². The molecule has 1 aromatic carbocycles. The van der Waals surface area contributed by atoms with Gasteiger partial charge in [-0.25, -0.2) is 4.98 Å². The Morgan fingerprint density at radius 3 is 2.67 bits per heavy atom. The molecule has 0 unspecified atom stereocenters. The Labute approximate surface area is 108 Å². The van der Waals surface area contributed by atoms with E-state index in [1.54, 1.807) is 0 Å². The number of benzene rings is 1. The number of nitrogens with one attached hydrogen (secondary N) is 1. The molecule has 3 rings (SSSR count). The Kier molecular flexibility index (Phi) is 2.82. The minimum Gasteiger partial charge on any atom is -0.386 e. The van der Waals surface area contributed by atoms with Gasteiger partial charge in [-0.1, -0.05) is 17.7 Å². The Balaban J connectivity index is 2.22. The molecular formula is C15H19N3. The number of nitrogens with zero attached hydrogens (tertiary/aromatic N) is 2. The maximum absolute atomic E-state index is 4.66. The van der Waals surface area contributed by atoms with Gasteiger partial charge in [0.25, 0.3) is 0 Å². The normalized spacial score (nSPS) is 15.3. The number of aryl methyl sites for hydroxylation is 1. The van der Waals surface area contributed by atoms with Gasteiger partial charge in [0.05, 0.1) is 11.9 Å². The minimum atomic E-state index is 1.10. The summed E-state index contributed by atoms with van der Waals surface area (Å²) in [5, 5.41) is 5.76. The average molecular weight is 241 g/mol. The molecule has 1 aliphatic heterocycles. The van der Waals surface area contributed by atoms with Crippen LogP contribution in [0.1, 0.15) is 18.4 Å². The van der Waals surface area contributed by atoms with E-state index in [9.17, 15) is 0 Å². The van der Waals surface area contributed by atoms with Crippen molar-refractivity contribution in [2.75, 3.05) is 30.4 Å². The molecule has 0 spiro atoms. The van der Waals surface area contributed by atoms with E-state index in [1.165, 1.54) is 29.2 Å². The summed E-state index contributed by atoms with van der Waals surface area (Å²) in [6.07, 6.45) is 4.51. The fourth-order valence-electron chi connectivity index (χ4n) is 2.72. The molecule has 0 aliphatic carbocycles. The van der Waals surface area contributed by atoms with Crippen LogP contribution >= 0.6 is 0 Å². The summed E-state index contributed by atoms with van der Waals surface area (Å²) in [6.45, 7) is 4.41. The van der Waals surface area contributed by atoms with Crippen LogP contribution in [0.15, 0.2) is 24.4 Å². The second-order valence-electron chi connectivity index (χ2n) is 4.99. The van der Waals surface area contributed by atoms with Crippen molar-refractivity contribution in [2.45, 2.75) is 19.8 Å². The molecule has 3 heteroatoms. The van der Waals surface area contributed by atoms with Crippen molar-refractivity contribution >= 4 is 22.3 Å². The first-order valence-electron chi connectivity index (χ1n) is 6.61. The van der Waals surface area contributed by atoms with Gasteiger partial charge in [-0.2, -0.15) is 0 Å². The Morgan fingerprint density at radius 1 is 1.17 bits per heavy atom. The molecule has 1 fully saturated rings. The van der Waals surface area contributed by atoms with Crippen LogP contribution in [0.2, 0.25) is 0 Å². The molecule has 1 aliphatic rings. The Morgan fingerprint density at radius 2 is 1.94 bits per heavy atom. The van der Waals surface area contributed by atoms with Crippen LogP contribution in [0.25, 0.3) is 10.8 Å². The average Bonchev–Trinajstić information content (AvgIpc) is 2.91. The Bertz CT molecular complexity index is 571. The van der Waals surface area contributed by atoms with Crippen LogP contribution < -0.4 is 10.2 Å². The third kappa shape index (κ3) is 1.80. The van der Waals surface area contributed by atoms with Crippen LogP contribution in [0.3, 0.4) is 0 Å². The van der Waals surface area contributed by atoms with Gasteiger partial charge in [0.2, 0.25) is 0 Å². The lowest BCUT2D eigenvalue weighted by molar-refractivity contribution is 0.946. The smallest absolute Gasteiger partial charge is 0.136 e. The van der Waals surface area contributed by atoms with Gasteiger partial charge in [0, 0.05) is 30.9 Å². The highest BCUT2D eigenvalue weighted by atomic mass is 15.2. The van der Waals surface area contributed by atoms with Gasteiger partial charge in [-0.3, -0.25) is 0 Å². The quantitative estimate of drug-likeness (QED) is 0.875. The SMILES string of the molecule is CNc1cnc(N2CCCC2)c2cc(C)ccc12. The van der Waals surface area contributed by atoms with Crippen molar-refractivity contribution in [3.63, 3.8) is 0 Å². The molecule has 0 atom stereocenters. The molecule has 0 bridgehead atoms. The number of hydrogen-bond donors (Lipinski definition) is 1. The van der Waals surface area contributed by atoms with Crippen molar-refractivity contribution in [3.05, 3.63) is 30.0 Å². The summed E-state index contributed by atoms with van der Waals surface area (Å²) in [7, 11) is 1.95. The van der Waals surface area contributed by atoms with Gasteiger partial charge in [-0.05, 0) is 25.8 Å². The van der Waals surface area contributed by atoms with E-state index in [2.05, 4.69) is 40.3 Å². The van der Waals surface area contributed by atoms with E-state index in [0.717, 1.165) is 24.6 Å². The lowest BCUT2D eigenvalue weighted by Gasteiger charge is -2.20. The fourth-order valence-corrected chi connectivity index (χ4v) is 2.72. The van der Waals surface area contributed by atoms with E-state index in [-0.39, 0.29) is 0 Å². The number of anilines is 2. The number of rotatable bonds is 2. The van der Waals surface area contributed by atoms with E-state index >= 15 is 0 Å². The molecule has 1 aromatic heterocycles. The van der Waals surface area contributed by atoms with E-state index in [4.69, 9.17) is 0 Å². The standard InChI is InChI=1S/C15H19N3/c1-11-5-6-12-13(9-11)15(17-10-14(12)16-2)18-7-3-4-8-18/h5-6,9-10,16H,3-4,7-8H2,1-2H3. The molecule has 1 N–H and O–H groups in total. The van der Waals surface area contributed by atoms with Gasteiger partial charge in [-0.15, -0.1) is 0 Å². The van der Waals surface area contributed by atoms with Crippen molar-refractivity contribution < 1.29 is 0 Å². The topological polar surface area (TPSA) is 28.2 Å². The lowest BCUT2D eigenvalue weighted by Crippen LogP contribution is -2.19.